The van der Waals surface area contributed by atoms with Crippen LogP contribution in [0.15, 0.2) is 46.3 Å². The number of benzene rings is 1. The molecule has 1 fully saturated rings. The first-order valence-electron chi connectivity index (χ1n) is 9.85. The lowest BCUT2D eigenvalue weighted by atomic mass is 10.2. The fourth-order valence-electron chi connectivity index (χ4n) is 3.65. The minimum atomic E-state index is -0.0328. The van der Waals surface area contributed by atoms with Gasteiger partial charge in [-0.1, -0.05) is 23.9 Å². The molecule has 1 aliphatic heterocycles. The van der Waals surface area contributed by atoms with E-state index in [0.717, 1.165) is 30.8 Å². The molecule has 1 saturated heterocycles. The van der Waals surface area contributed by atoms with Crippen LogP contribution in [0.2, 0.25) is 0 Å². The Hall–Kier alpha value is -2.91. The van der Waals surface area contributed by atoms with Crippen LogP contribution in [0.3, 0.4) is 0 Å². The van der Waals surface area contributed by atoms with Gasteiger partial charge < -0.3 is 14.5 Å². The van der Waals surface area contributed by atoms with Gasteiger partial charge in [0.2, 0.25) is 5.88 Å². The minimum Gasteiger partial charge on any atom is -0.481 e. The molecule has 8 nitrogen and oxygen atoms in total. The number of pyridine rings is 1. The predicted octanol–water partition coefficient (Wildman–Crippen LogP) is 3.15. The zero-order chi connectivity index (χ0) is 20.5. The maximum Gasteiger partial charge on any atom is 0.262 e. The van der Waals surface area contributed by atoms with Crippen molar-refractivity contribution in [3.63, 3.8) is 0 Å². The fraction of sp³-hybridized carbons (Fsp3) is 0.333. The van der Waals surface area contributed by atoms with Crippen LogP contribution in [0.4, 0.5) is 0 Å². The first kappa shape index (κ1) is 19.1. The number of methoxy groups -OCH3 is 1. The van der Waals surface area contributed by atoms with Crippen LogP contribution in [0.25, 0.3) is 22.1 Å². The second kappa shape index (κ2) is 8.08. The van der Waals surface area contributed by atoms with E-state index in [9.17, 15) is 4.79 Å². The predicted molar refractivity (Wildman–Crippen MR) is 115 cm³/mol. The molecule has 30 heavy (non-hydrogen) atoms. The molecule has 1 unspecified atom stereocenters. The van der Waals surface area contributed by atoms with E-state index >= 15 is 0 Å². The van der Waals surface area contributed by atoms with Crippen LogP contribution in [-0.2, 0) is 17.0 Å². The third kappa shape index (κ3) is 3.66. The summed E-state index contributed by atoms with van der Waals surface area (Å²) in [5.41, 5.74) is 2.11. The number of imidazole rings is 1. The molecule has 1 aromatic carbocycles. The van der Waals surface area contributed by atoms with Crippen molar-refractivity contribution < 1.29 is 9.47 Å². The molecule has 0 radical (unpaired) electrons. The lowest BCUT2D eigenvalue weighted by Crippen LogP contribution is -2.28. The maximum atomic E-state index is 13.2. The first-order valence-corrected chi connectivity index (χ1v) is 10.8. The lowest BCUT2D eigenvalue weighted by molar-refractivity contribution is 0.0937. The molecule has 5 rings (SSSR count). The smallest absolute Gasteiger partial charge is 0.262 e. The number of thioether (sulfide) groups is 1. The number of H-pyrrole nitrogens is 1. The summed E-state index contributed by atoms with van der Waals surface area (Å²) in [5, 5.41) is 1.29. The normalized spacial score (nSPS) is 16.5. The van der Waals surface area contributed by atoms with Gasteiger partial charge in [0.15, 0.2) is 10.8 Å². The van der Waals surface area contributed by atoms with Gasteiger partial charge in [0.05, 0.1) is 41.9 Å². The van der Waals surface area contributed by atoms with E-state index in [2.05, 4.69) is 15.0 Å². The number of rotatable bonds is 6. The Kier molecular flexibility index (Phi) is 5.14. The van der Waals surface area contributed by atoms with Gasteiger partial charge in [0.25, 0.3) is 5.56 Å². The summed E-state index contributed by atoms with van der Waals surface area (Å²) in [5.74, 6) is 1.83. The standard InChI is InChI=1S/C21H21N5O3S/c1-28-18-9-8-16-19(25-18)24-17(22-16)12-30-21-23-15-7-3-2-6-14(15)20(27)26(21)11-13-5-4-10-29-13/h2-3,6-9,13H,4-5,10-12H2,1H3,(H,22,24,25). The zero-order valence-corrected chi connectivity index (χ0v) is 17.3. The molecule has 0 saturated carbocycles. The van der Waals surface area contributed by atoms with Crippen LogP contribution in [0.1, 0.15) is 18.7 Å². The van der Waals surface area contributed by atoms with Gasteiger partial charge in [-0.3, -0.25) is 9.36 Å². The highest BCUT2D eigenvalue weighted by Crippen LogP contribution is 2.24. The van der Waals surface area contributed by atoms with E-state index in [-0.39, 0.29) is 11.7 Å². The molecule has 3 aromatic heterocycles. The molecule has 0 aliphatic carbocycles. The average molecular weight is 423 g/mol. The molecular weight excluding hydrogens is 402 g/mol. The summed E-state index contributed by atoms with van der Waals surface area (Å²) in [6, 6.07) is 11.1. The van der Waals surface area contributed by atoms with Crippen LogP contribution >= 0.6 is 11.8 Å². The molecule has 9 heteroatoms. The average Bonchev–Trinajstić information content (AvgIpc) is 3.43. The molecule has 4 aromatic rings. The zero-order valence-electron chi connectivity index (χ0n) is 16.5. The number of nitrogens with zero attached hydrogens (tertiary/aromatic N) is 4. The largest absolute Gasteiger partial charge is 0.481 e. The fourth-order valence-corrected chi connectivity index (χ4v) is 4.53. The Balaban J connectivity index is 1.47. The molecule has 1 atom stereocenters. The SMILES string of the molecule is COc1ccc2[nH]c(CSc3nc4ccccc4c(=O)n3CC3CCCO3)nc2n1. The molecule has 1 aliphatic rings. The highest BCUT2D eigenvalue weighted by molar-refractivity contribution is 7.98. The van der Waals surface area contributed by atoms with E-state index in [1.807, 2.05) is 30.3 Å². The molecule has 154 valence electrons. The number of fused-ring (bicyclic) bond motifs is 2. The quantitative estimate of drug-likeness (QED) is 0.376. The third-order valence-corrected chi connectivity index (χ3v) is 6.14. The van der Waals surface area contributed by atoms with E-state index in [4.69, 9.17) is 14.5 Å². The van der Waals surface area contributed by atoms with Crippen molar-refractivity contribution in [1.29, 1.82) is 0 Å². The van der Waals surface area contributed by atoms with Gasteiger partial charge in [-0.25, -0.2) is 9.97 Å². The van der Waals surface area contributed by atoms with Crippen LogP contribution in [0, 0.1) is 0 Å². The van der Waals surface area contributed by atoms with Crippen molar-refractivity contribution in [3.8, 4) is 5.88 Å². The highest BCUT2D eigenvalue weighted by atomic mass is 32.2. The van der Waals surface area contributed by atoms with Gasteiger partial charge in [-0.2, -0.15) is 4.98 Å². The number of hydrogen-bond donors (Lipinski definition) is 1. The van der Waals surface area contributed by atoms with Crippen molar-refractivity contribution in [2.75, 3.05) is 13.7 Å². The maximum absolute atomic E-state index is 13.2. The van der Waals surface area contributed by atoms with Crippen molar-refractivity contribution in [2.24, 2.45) is 0 Å². The van der Waals surface area contributed by atoms with Gasteiger partial charge in [0.1, 0.15) is 5.82 Å². The second-order valence-corrected chi connectivity index (χ2v) is 8.10. The monoisotopic (exact) mass is 423 g/mol. The molecule has 4 heterocycles. The molecular formula is C21H21N5O3S. The van der Waals surface area contributed by atoms with E-state index in [1.54, 1.807) is 17.7 Å². The molecule has 0 amide bonds. The van der Waals surface area contributed by atoms with Crippen LogP contribution in [0.5, 0.6) is 5.88 Å². The Morgan fingerprint density at radius 3 is 2.97 bits per heavy atom. The number of aromatic amines is 1. The van der Waals surface area contributed by atoms with Crippen LogP contribution < -0.4 is 10.3 Å². The second-order valence-electron chi connectivity index (χ2n) is 7.16. The van der Waals surface area contributed by atoms with Crippen molar-refractivity contribution in [2.45, 2.75) is 36.4 Å². The Morgan fingerprint density at radius 2 is 2.13 bits per heavy atom. The van der Waals surface area contributed by atoms with Gasteiger partial charge in [-0.15, -0.1) is 0 Å². The van der Waals surface area contributed by atoms with Crippen molar-refractivity contribution in [3.05, 3.63) is 52.6 Å². The van der Waals surface area contributed by atoms with Crippen molar-refractivity contribution in [1.82, 2.24) is 24.5 Å². The minimum absolute atomic E-state index is 0.0328. The first-order chi connectivity index (χ1) is 14.7. The van der Waals surface area contributed by atoms with E-state index in [0.29, 0.717) is 39.9 Å². The highest BCUT2D eigenvalue weighted by Gasteiger charge is 2.20. The van der Waals surface area contributed by atoms with Gasteiger partial charge in [0, 0.05) is 12.7 Å². The number of ether oxygens (including phenoxy) is 2. The number of hydrogen-bond acceptors (Lipinski definition) is 7. The topological polar surface area (TPSA) is 94.9 Å². The summed E-state index contributed by atoms with van der Waals surface area (Å²) in [6.07, 6.45) is 2.03. The van der Waals surface area contributed by atoms with E-state index < -0.39 is 0 Å². The summed E-state index contributed by atoms with van der Waals surface area (Å²) in [4.78, 5) is 30.1. The molecule has 1 N–H and O–H groups in total. The molecule has 0 spiro atoms. The van der Waals surface area contributed by atoms with Crippen molar-refractivity contribution >= 4 is 33.8 Å². The number of para-hydroxylation sites is 1. The molecule has 0 bridgehead atoms. The van der Waals surface area contributed by atoms with E-state index in [1.165, 1.54) is 11.8 Å². The number of nitrogens with one attached hydrogen (secondary N) is 1. The summed E-state index contributed by atoms with van der Waals surface area (Å²) in [6.45, 7) is 1.26. The Bertz CT molecular complexity index is 1260. The summed E-state index contributed by atoms with van der Waals surface area (Å²) >= 11 is 1.48. The van der Waals surface area contributed by atoms with Crippen LogP contribution in [-0.4, -0.2) is 44.3 Å². The summed E-state index contributed by atoms with van der Waals surface area (Å²) < 4.78 is 12.7. The Morgan fingerprint density at radius 1 is 1.23 bits per heavy atom. The number of aromatic nitrogens is 5. The van der Waals surface area contributed by atoms with Gasteiger partial charge >= 0.3 is 0 Å². The van der Waals surface area contributed by atoms with Gasteiger partial charge in [-0.05, 0) is 31.0 Å². The summed E-state index contributed by atoms with van der Waals surface area (Å²) in [7, 11) is 1.58. The Labute approximate surface area is 176 Å². The third-order valence-electron chi connectivity index (χ3n) is 5.15. The lowest BCUT2D eigenvalue weighted by Gasteiger charge is -2.16.